The Hall–Kier alpha value is -1.60. The molecule has 0 unspecified atom stereocenters. The smallest absolute Gasteiger partial charge is 0.271 e. The number of rotatable bonds is 4. The highest BCUT2D eigenvalue weighted by Crippen LogP contribution is 2.29. The predicted octanol–water partition coefficient (Wildman–Crippen LogP) is 2.63. The van der Waals surface area contributed by atoms with E-state index in [-0.39, 0.29) is 0 Å². The lowest BCUT2D eigenvalue weighted by Gasteiger charge is -2.16. The molecule has 108 valence electrons. The van der Waals surface area contributed by atoms with Crippen LogP contribution in [0.5, 0.6) is 0 Å². The summed E-state index contributed by atoms with van der Waals surface area (Å²) in [6.07, 6.45) is 1.63. The molecule has 0 saturated heterocycles. The number of pyridine rings is 1. The summed E-state index contributed by atoms with van der Waals surface area (Å²) in [5, 5.41) is 0. The zero-order chi connectivity index (χ0) is 14.9. The van der Waals surface area contributed by atoms with E-state index in [0.29, 0.717) is 15.7 Å². The lowest BCUT2D eigenvalue weighted by molar-refractivity contribution is 0.603. The van der Waals surface area contributed by atoms with Crippen LogP contribution in [0.15, 0.2) is 28.6 Å². The van der Waals surface area contributed by atoms with Gasteiger partial charge in [-0.2, -0.15) is 0 Å². The van der Waals surface area contributed by atoms with Crippen molar-refractivity contribution in [3.8, 4) is 0 Å². The van der Waals surface area contributed by atoms with Crippen molar-refractivity contribution in [1.82, 2.24) is 4.98 Å². The molecule has 0 spiro atoms. The summed E-state index contributed by atoms with van der Waals surface area (Å²) in [6, 6.07) is 5.09. The highest BCUT2D eigenvalue weighted by atomic mass is 32.2. The molecule has 0 saturated carbocycles. The van der Waals surface area contributed by atoms with Gasteiger partial charge in [-0.25, -0.2) is 13.4 Å². The Morgan fingerprint density at radius 1 is 1.30 bits per heavy atom. The largest absolute Gasteiger partial charge is 0.361 e. The van der Waals surface area contributed by atoms with Crippen molar-refractivity contribution in [3.63, 3.8) is 0 Å². The minimum absolute atomic E-state index is 0.320. The molecule has 0 amide bonds. The predicted molar refractivity (Wildman–Crippen MR) is 83.2 cm³/mol. The van der Waals surface area contributed by atoms with Crippen LogP contribution in [0.4, 0.5) is 11.5 Å². The van der Waals surface area contributed by atoms with Gasteiger partial charge in [0.25, 0.3) is 10.0 Å². The lowest BCUT2D eigenvalue weighted by Crippen LogP contribution is -2.17. The Morgan fingerprint density at radius 3 is 2.55 bits per heavy atom. The molecule has 0 bridgehead atoms. The molecule has 0 aliphatic heterocycles. The Morgan fingerprint density at radius 2 is 2.00 bits per heavy atom. The van der Waals surface area contributed by atoms with Gasteiger partial charge in [-0.1, -0.05) is 0 Å². The average Bonchev–Trinajstić information content (AvgIpc) is 2.70. The molecule has 7 heteroatoms. The molecule has 1 N–H and O–H groups in total. The highest BCUT2D eigenvalue weighted by molar-refractivity contribution is 7.94. The fraction of sp³-hybridized carbons (Fsp3) is 0.308. The van der Waals surface area contributed by atoms with Crippen LogP contribution in [0.2, 0.25) is 0 Å². The van der Waals surface area contributed by atoms with Crippen molar-refractivity contribution in [3.05, 3.63) is 34.8 Å². The Labute approximate surface area is 123 Å². The standard InChI is InChI=1S/C13H17N3O2S2/c1-9-8-12(19-10(9)2)20(17,18)15-11-6-5-7-14-13(11)16(3)4/h5-8,15H,1-4H3. The Balaban J connectivity index is 2.38. The average molecular weight is 311 g/mol. The summed E-state index contributed by atoms with van der Waals surface area (Å²) < 4.78 is 27.7. The van der Waals surface area contributed by atoms with Crippen molar-refractivity contribution in [2.24, 2.45) is 0 Å². The molecule has 0 radical (unpaired) electrons. The van der Waals surface area contributed by atoms with Gasteiger partial charge in [-0.15, -0.1) is 11.3 Å². The molecule has 2 aromatic rings. The van der Waals surface area contributed by atoms with Crippen LogP contribution in [0.3, 0.4) is 0 Å². The number of anilines is 2. The topological polar surface area (TPSA) is 62.3 Å². The number of hydrogen-bond donors (Lipinski definition) is 1. The maximum Gasteiger partial charge on any atom is 0.271 e. The first-order chi connectivity index (χ1) is 9.31. The number of thiophene rings is 1. The van der Waals surface area contributed by atoms with Crippen molar-refractivity contribution >= 4 is 32.9 Å². The molecule has 0 aliphatic rings. The van der Waals surface area contributed by atoms with Gasteiger partial charge in [0.1, 0.15) is 4.21 Å². The van der Waals surface area contributed by atoms with Crippen molar-refractivity contribution in [1.29, 1.82) is 0 Å². The fourth-order valence-electron chi connectivity index (χ4n) is 1.70. The molecule has 0 atom stereocenters. The van der Waals surface area contributed by atoms with Gasteiger partial charge in [0.15, 0.2) is 5.82 Å². The minimum atomic E-state index is -3.57. The van der Waals surface area contributed by atoms with E-state index in [4.69, 9.17) is 0 Å². The first kappa shape index (κ1) is 14.8. The van der Waals surface area contributed by atoms with Crippen LogP contribution in [-0.4, -0.2) is 27.5 Å². The van der Waals surface area contributed by atoms with Crippen molar-refractivity contribution < 1.29 is 8.42 Å². The SMILES string of the molecule is Cc1cc(S(=O)(=O)Nc2cccnc2N(C)C)sc1C. The molecular weight excluding hydrogens is 294 g/mol. The first-order valence-corrected chi connectivity index (χ1v) is 8.33. The zero-order valence-corrected chi connectivity index (χ0v) is 13.5. The van der Waals surface area contributed by atoms with E-state index in [0.717, 1.165) is 10.4 Å². The molecule has 0 aliphatic carbocycles. The van der Waals surface area contributed by atoms with Gasteiger partial charge in [-0.3, -0.25) is 4.72 Å². The molecule has 2 rings (SSSR count). The van der Waals surface area contributed by atoms with Crippen LogP contribution in [0.25, 0.3) is 0 Å². The van der Waals surface area contributed by atoms with Gasteiger partial charge >= 0.3 is 0 Å². The third kappa shape index (κ3) is 2.94. The molecule has 0 fully saturated rings. The maximum absolute atomic E-state index is 12.4. The van der Waals surface area contributed by atoms with E-state index in [1.807, 2.05) is 27.9 Å². The summed E-state index contributed by atoms with van der Waals surface area (Å²) >= 11 is 1.27. The van der Waals surface area contributed by atoms with Gasteiger partial charge < -0.3 is 4.90 Å². The quantitative estimate of drug-likeness (QED) is 0.943. The first-order valence-electron chi connectivity index (χ1n) is 6.03. The summed E-state index contributed by atoms with van der Waals surface area (Å²) in [7, 11) is 0.0689. The second-order valence-corrected chi connectivity index (χ2v) is 7.84. The van der Waals surface area contributed by atoms with E-state index in [1.54, 1.807) is 29.3 Å². The van der Waals surface area contributed by atoms with E-state index in [1.165, 1.54) is 11.3 Å². The summed E-state index contributed by atoms with van der Waals surface area (Å²) in [6.45, 7) is 3.81. The zero-order valence-electron chi connectivity index (χ0n) is 11.8. The summed E-state index contributed by atoms with van der Waals surface area (Å²) in [5.41, 5.74) is 1.45. The van der Waals surface area contributed by atoms with Gasteiger partial charge in [0.2, 0.25) is 0 Å². The third-order valence-corrected chi connectivity index (χ3v) is 5.85. The number of sulfonamides is 1. The molecule has 0 aromatic carbocycles. The lowest BCUT2D eigenvalue weighted by atomic mass is 10.3. The molecule has 5 nitrogen and oxygen atoms in total. The number of aromatic nitrogens is 1. The maximum atomic E-state index is 12.4. The van der Waals surface area contributed by atoms with Crippen molar-refractivity contribution in [2.45, 2.75) is 18.1 Å². The second-order valence-electron chi connectivity index (χ2n) is 4.68. The van der Waals surface area contributed by atoms with E-state index >= 15 is 0 Å². The van der Waals surface area contributed by atoms with Crippen LogP contribution in [0.1, 0.15) is 10.4 Å². The van der Waals surface area contributed by atoms with Gasteiger partial charge in [0.05, 0.1) is 5.69 Å². The molecule has 20 heavy (non-hydrogen) atoms. The fourth-order valence-corrected chi connectivity index (χ4v) is 4.28. The van der Waals surface area contributed by atoms with Crippen LogP contribution >= 0.6 is 11.3 Å². The number of nitrogens with zero attached hydrogens (tertiary/aromatic N) is 2. The summed E-state index contributed by atoms with van der Waals surface area (Å²) in [4.78, 5) is 6.95. The monoisotopic (exact) mass is 311 g/mol. The van der Waals surface area contributed by atoms with E-state index < -0.39 is 10.0 Å². The van der Waals surface area contributed by atoms with E-state index in [9.17, 15) is 8.42 Å². The third-order valence-electron chi connectivity index (χ3n) is 2.86. The van der Waals surface area contributed by atoms with Crippen LogP contribution < -0.4 is 9.62 Å². The Kier molecular flexibility index (Phi) is 4.01. The molecule has 2 heterocycles. The number of aryl methyl sites for hydroxylation is 2. The van der Waals surface area contributed by atoms with Gasteiger partial charge in [-0.05, 0) is 37.6 Å². The minimum Gasteiger partial charge on any atom is -0.361 e. The molecular formula is C13H17N3O2S2. The Bertz CT molecular complexity index is 701. The summed E-state index contributed by atoms with van der Waals surface area (Å²) in [5.74, 6) is 0.584. The number of nitrogens with one attached hydrogen (secondary N) is 1. The molecule has 2 aromatic heterocycles. The van der Waals surface area contributed by atoms with E-state index in [2.05, 4.69) is 9.71 Å². The second kappa shape index (κ2) is 5.41. The highest BCUT2D eigenvalue weighted by Gasteiger charge is 2.20. The van der Waals surface area contributed by atoms with Crippen LogP contribution in [-0.2, 0) is 10.0 Å². The van der Waals surface area contributed by atoms with Crippen LogP contribution in [0, 0.1) is 13.8 Å². The normalized spacial score (nSPS) is 11.4. The van der Waals surface area contributed by atoms with Crippen molar-refractivity contribution in [2.75, 3.05) is 23.7 Å². The number of hydrogen-bond acceptors (Lipinski definition) is 5. The van der Waals surface area contributed by atoms with Gasteiger partial charge in [0, 0.05) is 25.2 Å².